The van der Waals surface area contributed by atoms with Gasteiger partial charge in [0.05, 0.1) is 10.9 Å². The van der Waals surface area contributed by atoms with E-state index in [-0.39, 0.29) is 4.90 Å². The average Bonchev–Trinajstić information content (AvgIpc) is 2.72. The van der Waals surface area contributed by atoms with Gasteiger partial charge in [-0.05, 0) is 58.7 Å². The first-order valence-electron chi connectivity index (χ1n) is 10.5. The summed E-state index contributed by atoms with van der Waals surface area (Å²) in [6, 6.07) is 10.1. The maximum Gasteiger partial charge on any atom is 0.415 e. The zero-order valence-electron chi connectivity index (χ0n) is 18.8. The van der Waals surface area contributed by atoms with Crippen molar-refractivity contribution in [3.63, 3.8) is 0 Å². The Morgan fingerprint density at radius 3 is 2.48 bits per heavy atom. The van der Waals surface area contributed by atoms with Crippen LogP contribution in [-0.4, -0.2) is 43.0 Å². The largest absolute Gasteiger partial charge is 0.443 e. The van der Waals surface area contributed by atoms with Gasteiger partial charge in [-0.25, -0.2) is 18.2 Å². The summed E-state index contributed by atoms with van der Waals surface area (Å²) < 4.78 is 34.0. The minimum atomic E-state index is -3.70. The molecule has 0 saturated carbocycles. The monoisotopic (exact) mass is 445 g/mol. The van der Waals surface area contributed by atoms with Crippen LogP contribution in [-0.2, 0) is 14.8 Å². The van der Waals surface area contributed by atoms with E-state index in [9.17, 15) is 13.2 Å². The Kier molecular flexibility index (Phi) is 6.71. The number of piperidine rings is 1. The van der Waals surface area contributed by atoms with E-state index in [2.05, 4.69) is 4.98 Å². The van der Waals surface area contributed by atoms with Crippen molar-refractivity contribution >= 4 is 21.9 Å². The zero-order valence-corrected chi connectivity index (χ0v) is 19.6. The molecule has 1 aromatic heterocycles. The van der Waals surface area contributed by atoms with Crippen molar-refractivity contribution in [2.45, 2.75) is 63.5 Å². The van der Waals surface area contributed by atoms with Crippen molar-refractivity contribution in [2.75, 3.05) is 18.5 Å². The molecule has 0 unspecified atom stereocenters. The second-order valence-corrected chi connectivity index (χ2v) is 10.8. The van der Waals surface area contributed by atoms with Crippen LogP contribution in [0.2, 0.25) is 0 Å². The first-order chi connectivity index (χ1) is 14.5. The number of pyridine rings is 1. The number of hydrogen-bond donors (Lipinski definition) is 0. The number of nitrogens with zero attached hydrogens (tertiary/aromatic N) is 3. The first kappa shape index (κ1) is 23.2. The summed E-state index contributed by atoms with van der Waals surface area (Å²) in [5, 5.41) is 0. The number of benzene rings is 1. The van der Waals surface area contributed by atoms with Gasteiger partial charge in [0.15, 0.2) is 0 Å². The van der Waals surface area contributed by atoms with Crippen LogP contribution < -0.4 is 4.90 Å². The first-order valence-corrected chi connectivity index (χ1v) is 11.9. The molecule has 0 aliphatic carbocycles. The van der Waals surface area contributed by atoms with Gasteiger partial charge in [-0.15, -0.1) is 0 Å². The number of carbonyl (C=O) groups is 1. The lowest BCUT2D eigenvalue weighted by Gasteiger charge is -2.36. The highest BCUT2D eigenvalue weighted by Gasteiger charge is 2.37. The van der Waals surface area contributed by atoms with Crippen molar-refractivity contribution in [1.82, 2.24) is 9.29 Å². The third-order valence-electron chi connectivity index (χ3n) is 5.24. The van der Waals surface area contributed by atoms with Crippen molar-refractivity contribution in [1.29, 1.82) is 0 Å². The van der Waals surface area contributed by atoms with E-state index >= 15 is 0 Å². The Balaban J connectivity index is 1.99. The molecule has 31 heavy (non-hydrogen) atoms. The summed E-state index contributed by atoms with van der Waals surface area (Å²) >= 11 is 0. The van der Waals surface area contributed by atoms with Gasteiger partial charge in [0.2, 0.25) is 10.0 Å². The van der Waals surface area contributed by atoms with Gasteiger partial charge >= 0.3 is 6.09 Å². The summed E-state index contributed by atoms with van der Waals surface area (Å²) in [6.45, 7) is 7.75. The molecule has 2 heterocycles. The number of carbonyl (C=O) groups excluding carboxylic acids is 1. The van der Waals surface area contributed by atoms with E-state index in [1.165, 1.54) is 4.90 Å². The van der Waals surface area contributed by atoms with E-state index in [0.717, 1.165) is 18.4 Å². The topological polar surface area (TPSA) is 79.8 Å². The van der Waals surface area contributed by atoms with Gasteiger partial charge in [-0.1, -0.05) is 30.2 Å². The fourth-order valence-corrected chi connectivity index (χ4v) is 5.39. The molecule has 1 aromatic carbocycles. The molecule has 168 valence electrons. The number of hydrogen-bond acceptors (Lipinski definition) is 5. The van der Waals surface area contributed by atoms with E-state index in [0.29, 0.717) is 24.3 Å². The van der Waals surface area contributed by atoms with Crippen molar-refractivity contribution < 1.29 is 17.9 Å². The Hall–Kier alpha value is -2.45. The maximum atomic E-state index is 13.5. The summed E-state index contributed by atoms with van der Waals surface area (Å²) in [5.41, 5.74) is 1.06. The number of rotatable bonds is 4. The number of ether oxygens (including phenoxy) is 1. The highest BCUT2D eigenvalue weighted by molar-refractivity contribution is 7.89. The molecule has 0 radical (unpaired) electrons. The minimum Gasteiger partial charge on any atom is -0.443 e. The van der Waals surface area contributed by atoms with Gasteiger partial charge in [-0.2, -0.15) is 4.31 Å². The van der Waals surface area contributed by atoms with Crippen LogP contribution >= 0.6 is 0 Å². The molecular formula is C23H31N3O4S. The van der Waals surface area contributed by atoms with E-state index in [1.54, 1.807) is 68.7 Å². The van der Waals surface area contributed by atoms with Gasteiger partial charge in [0.25, 0.3) is 0 Å². The summed E-state index contributed by atoms with van der Waals surface area (Å²) in [4.78, 5) is 18.7. The lowest BCUT2D eigenvalue weighted by molar-refractivity contribution is 0.0587. The molecule has 1 fully saturated rings. The van der Waals surface area contributed by atoms with Gasteiger partial charge in [0, 0.05) is 25.4 Å². The Morgan fingerprint density at radius 2 is 1.84 bits per heavy atom. The molecule has 0 bridgehead atoms. The standard InChI is InChI=1S/C23H31N3O4S/c1-17-11-13-18(14-12-17)31(28,29)26-16-7-6-10-20(26)19-9-8-15-24-21(19)25(5)22(27)30-23(2,3)4/h8-9,11-15,20H,6-7,10,16H2,1-5H3/t20-/m0/s1. The second-order valence-electron chi connectivity index (χ2n) is 8.90. The third-order valence-corrected chi connectivity index (χ3v) is 7.16. The number of anilines is 1. The zero-order chi connectivity index (χ0) is 22.8. The molecule has 8 heteroatoms. The predicted octanol–water partition coefficient (Wildman–Crippen LogP) is 4.68. The average molecular weight is 446 g/mol. The van der Waals surface area contributed by atoms with E-state index in [1.807, 2.05) is 13.0 Å². The van der Waals surface area contributed by atoms with Crippen molar-refractivity contribution in [3.05, 3.63) is 53.7 Å². The second kappa shape index (κ2) is 8.96. The van der Waals surface area contributed by atoms with Gasteiger partial charge in [0.1, 0.15) is 11.4 Å². The number of aromatic nitrogens is 1. The predicted molar refractivity (Wildman–Crippen MR) is 121 cm³/mol. The smallest absolute Gasteiger partial charge is 0.415 e. The Morgan fingerprint density at radius 1 is 1.16 bits per heavy atom. The summed E-state index contributed by atoms with van der Waals surface area (Å²) in [5.74, 6) is 0.410. The van der Waals surface area contributed by atoms with Crippen LogP contribution in [0.3, 0.4) is 0 Å². The molecular weight excluding hydrogens is 414 g/mol. The van der Waals surface area contributed by atoms with Crippen LogP contribution in [0, 0.1) is 6.92 Å². The molecule has 3 rings (SSSR count). The lowest BCUT2D eigenvalue weighted by atomic mass is 9.97. The number of sulfonamides is 1. The van der Waals surface area contributed by atoms with Crippen LogP contribution in [0.1, 0.15) is 57.2 Å². The highest BCUT2D eigenvalue weighted by Crippen LogP contribution is 2.38. The molecule has 1 atom stereocenters. The number of aryl methyl sites for hydroxylation is 1. The molecule has 7 nitrogen and oxygen atoms in total. The molecule has 1 amide bonds. The fraction of sp³-hybridized carbons (Fsp3) is 0.478. The molecule has 2 aromatic rings. The summed E-state index contributed by atoms with van der Waals surface area (Å²) in [7, 11) is -2.10. The quantitative estimate of drug-likeness (QED) is 0.683. The molecule has 0 spiro atoms. The third kappa shape index (κ3) is 5.25. The van der Waals surface area contributed by atoms with Crippen LogP contribution in [0.25, 0.3) is 0 Å². The Labute approximate surface area is 185 Å². The Bertz CT molecular complexity index is 1030. The van der Waals surface area contributed by atoms with Gasteiger partial charge < -0.3 is 4.74 Å². The van der Waals surface area contributed by atoms with Crippen LogP contribution in [0.5, 0.6) is 0 Å². The normalized spacial score (nSPS) is 17.9. The van der Waals surface area contributed by atoms with Crippen LogP contribution in [0.15, 0.2) is 47.5 Å². The fourth-order valence-electron chi connectivity index (χ4n) is 3.72. The van der Waals surface area contributed by atoms with E-state index < -0.39 is 27.8 Å². The summed E-state index contributed by atoms with van der Waals surface area (Å²) in [6.07, 6.45) is 3.41. The maximum absolute atomic E-state index is 13.5. The van der Waals surface area contributed by atoms with Gasteiger partial charge in [-0.3, -0.25) is 4.90 Å². The highest BCUT2D eigenvalue weighted by atomic mass is 32.2. The minimum absolute atomic E-state index is 0.274. The molecule has 0 N–H and O–H groups in total. The molecule has 1 saturated heterocycles. The molecule has 1 aliphatic heterocycles. The molecule has 1 aliphatic rings. The van der Waals surface area contributed by atoms with Crippen molar-refractivity contribution in [3.8, 4) is 0 Å². The number of amides is 1. The lowest BCUT2D eigenvalue weighted by Crippen LogP contribution is -2.40. The van der Waals surface area contributed by atoms with Crippen molar-refractivity contribution in [2.24, 2.45) is 0 Å². The van der Waals surface area contributed by atoms with E-state index in [4.69, 9.17) is 4.74 Å². The SMILES string of the molecule is Cc1ccc(S(=O)(=O)N2CCCC[C@H]2c2cccnc2N(C)C(=O)OC(C)(C)C)cc1. The van der Waals surface area contributed by atoms with Crippen LogP contribution in [0.4, 0.5) is 10.6 Å².